The number of carboxylic acids is 1. The minimum atomic E-state index is -0.819. The Balaban J connectivity index is 2.72. The first kappa shape index (κ1) is 10.5. The summed E-state index contributed by atoms with van der Waals surface area (Å²) in [6.07, 6.45) is 2.40. The maximum absolute atomic E-state index is 10.9. The molecular formula is C10H18O3. The lowest BCUT2D eigenvalue weighted by molar-refractivity contribution is -0.154. The fraction of sp³-hybridized carbons (Fsp3) is 0.900. The molecular weight excluding hydrogens is 168 g/mol. The van der Waals surface area contributed by atoms with Crippen LogP contribution in [0.25, 0.3) is 0 Å². The number of rotatable bonds is 5. The highest BCUT2D eigenvalue weighted by Crippen LogP contribution is 2.56. The number of hydrogen-bond donors (Lipinski definition) is 1. The van der Waals surface area contributed by atoms with Gasteiger partial charge in [0.25, 0.3) is 0 Å². The highest BCUT2D eigenvalue weighted by Gasteiger charge is 2.55. The molecule has 1 aliphatic rings. The fourth-order valence-corrected chi connectivity index (χ4v) is 2.15. The normalized spacial score (nSPS) is 23.6. The molecule has 1 N–H and O–H groups in total. The van der Waals surface area contributed by atoms with Crippen LogP contribution in [0.2, 0.25) is 0 Å². The Bertz CT molecular complexity index is 196. The van der Waals surface area contributed by atoms with Crippen LogP contribution >= 0.6 is 0 Å². The topological polar surface area (TPSA) is 46.5 Å². The number of carbonyl (C=O) groups is 1. The molecule has 2 unspecified atom stereocenters. The largest absolute Gasteiger partial charge is 0.479 e. The van der Waals surface area contributed by atoms with Crippen LogP contribution in [-0.2, 0) is 9.53 Å². The Morgan fingerprint density at radius 2 is 2.15 bits per heavy atom. The maximum atomic E-state index is 10.9. The van der Waals surface area contributed by atoms with E-state index in [2.05, 4.69) is 13.8 Å². The average molecular weight is 186 g/mol. The Labute approximate surface area is 79.1 Å². The molecule has 13 heavy (non-hydrogen) atoms. The summed E-state index contributed by atoms with van der Waals surface area (Å²) < 4.78 is 5.06. The molecule has 1 rings (SSSR count). The van der Waals surface area contributed by atoms with Gasteiger partial charge in [0.1, 0.15) is 0 Å². The first-order valence-electron chi connectivity index (χ1n) is 4.84. The zero-order valence-corrected chi connectivity index (χ0v) is 8.54. The van der Waals surface area contributed by atoms with Crippen molar-refractivity contribution in [2.75, 3.05) is 7.11 Å². The summed E-state index contributed by atoms with van der Waals surface area (Å²) in [5.74, 6) is -0.381. The smallest absolute Gasteiger partial charge is 0.333 e. The number of carboxylic acid groups (broad SMARTS) is 1. The predicted molar refractivity (Wildman–Crippen MR) is 49.6 cm³/mol. The van der Waals surface area contributed by atoms with E-state index in [-0.39, 0.29) is 5.41 Å². The van der Waals surface area contributed by atoms with Crippen LogP contribution in [-0.4, -0.2) is 24.3 Å². The lowest BCUT2D eigenvalue weighted by Gasteiger charge is -2.27. The molecule has 0 radical (unpaired) electrons. The summed E-state index contributed by atoms with van der Waals surface area (Å²) >= 11 is 0. The Kier molecular flexibility index (Phi) is 2.96. The molecule has 0 aromatic carbocycles. The van der Waals surface area contributed by atoms with Crippen LogP contribution in [0.5, 0.6) is 0 Å². The van der Waals surface area contributed by atoms with Gasteiger partial charge in [-0.1, -0.05) is 20.3 Å². The van der Waals surface area contributed by atoms with Gasteiger partial charge < -0.3 is 9.84 Å². The zero-order chi connectivity index (χ0) is 10.1. The van der Waals surface area contributed by atoms with E-state index in [0.29, 0.717) is 5.92 Å². The number of methoxy groups -OCH3 is 1. The fourth-order valence-electron chi connectivity index (χ4n) is 2.15. The van der Waals surface area contributed by atoms with E-state index in [1.165, 1.54) is 7.11 Å². The van der Waals surface area contributed by atoms with Crippen molar-refractivity contribution in [3.05, 3.63) is 0 Å². The second kappa shape index (κ2) is 3.66. The zero-order valence-electron chi connectivity index (χ0n) is 8.54. The van der Waals surface area contributed by atoms with E-state index in [9.17, 15) is 4.79 Å². The van der Waals surface area contributed by atoms with Crippen molar-refractivity contribution >= 4 is 5.97 Å². The molecule has 0 aromatic heterocycles. The first-order valence-corrected chi connectivity index (χ1v) is 4.84. The molecule has 0 aromatic rings. The first-order chi connectivity index (χ1) is 6.08. The summed E-state index contributed by atoms with van der Waals surface area (Å²) in [5, 5.41) is 8.97. The quantitative estimate of drug-likeness (QED) is 0.713. The molecule has 0 saturated heterocycles. The summed E-state index contributed by atoms with van der Waals surface area (Å²) in [7, 11) is 1.49. The van der Waals surface area contributed by atoms with Crippen LogP contribution in [0, 0.1) is 11.3 Å². The van der Waals surface area contributed by atoms with E-state index < -0.39 is 12.1 Å². The number of hydrogen-bond acceptors (Lipinski definition) is 2. The van der Waals surface area contributed by atoms with Gasteiger partial charge in [-0.15, -0.1) is 0 Å². The van der Waals surface area contributed by atoms with E-state index >= 15 is 0 Å². The molecule has 3 nitrogen and oxygen atoms in total. The van der Waals surface area contributed by atoms with Gasteiger partial charge in [-0.25, -0.2) is 4.79 Å². The van der Waals surface area contributed by atoms with E-state index in [1.54, 1.807) is 0 Å². The van der Waals surface area contributed by atoms with E-state index in [1.807, 2.05) is 0 Å². The van der Waals surface area contributed by atoms with Gasteiger partial charge in [0.05, 0.1) is 0 Å². The Morgan fingerprint density at radius 3 is 2.38 bits per heavy atom. The Morgan fingerprint density at radius 1 is 1.62 bits per heavy atom. The van der Waals surface area contributed by atoms with E-state index in [0.717, 1.165) is 19.3 Å². The molecule has 1 fully saturated rings. The third-order valence-corrected chi connectivity index (χ3v) is 3.40. The summed E-state index contributed by atoms with van der Waals surface area (Å²) in [4.78, 5) is 10.9. The maximum Gasteiger partial charge on any atom is 0.333 e. The van der Waals surface area contributed by atoms with Crippen LogP contribution in [0.1, 0.15) is 33.1 Å². The van der Waals surface area contributed by atoms with Crippen molar-refractivity contribution in [3.63, 3.8) is 0 Å². The van der Waals surface area contributed by atoms with Crippen molar-refractivity contribution in [2.45, 2.75) is 39.2 Å². The van der Waals surface area contributed by atoms with Gasteiger partial charge in [-0.2, -0.15) is 0 Å². The third kappa shape index (κ3) is 1.70. The van der Waals surface area contributed by atoms with Crippen molar-refractivity contribution in [1.29, 1.82) is 0 Å². The molecule has 0 heterocycles. The Hall–Kier alpha value is -0.570. The second-order valence-electron chi connectivity index (χ2n) is 4.00. The van der Waals surface area contributed by atoms with Crippen LogP contribution in [0.4, 0.5) is 0 Å². The molecule has 1 saturated carbocycles. The average Bonchev–Trinajstić information content (AvgIpc) is 2.85. The molecule has 1 aliphatic carbocycles. The lowest BCUT2D eigenvalue weighted by atomic mass is 9.83. The van der Waals surface area contributed by atoms with Crippen molar-refractivity contribution in [1.82, 2.24) is 0 Å². The number of ether oxygens (including phenoxy) is 1. The summed E-state index contributed by atoms with van der Waals surface area (Å²) in [5.41, 5.74) is -0.0741. The van der Waals surface area contributed by atoms with Crippen molar-refractivity contribution < 1.29 is 14.6 Å². The molecule has 0 aliphatic heterocycles. The van der Waals surface area contributed by atoms with Gasteiger partial charge in [-0.05, 0) is 18.8 Å². The van der Waals surface area contributed by atoms with E-state index in [4.69, 9.17) is 9.84 Å². The molecule has 0 amide bonds. The highest BCUT2D eigenvalue weighted by atomic mass is 16.5. The molecule has 3 heteroatoms. The monoisotopic (exact) mass is 186 g/mol. The third-order valence-electron chi connectivity index (χ3n) is 3.40. The molecule has 76 valence electrons. The van der Waals surface area contributed by atoms with Crippen molar-refractivity contribution in [2.24, 2.45) is 11.3 Å². The van der Waals surface area contributed by atoms with Gasteiger partial charge in [0, 0.05) is 12.5 Å². The molecule has 0 spiro atoms. The van der Waals surface area contributed by atoms with Crippen LogP contribution in [0.15, 0.2) is 0 Å². The van der Waals surface area contributed by atoms with Crippen LogP contribution in [0.3, 0.4) is 0 Å². The minimum Gasteiger partial charge on any atom is -0.479 e. The van der Waals surface area contributed by atoms with Crippen molar-refractivity contribution in [3.8, 4) is 0 Å². The number of aliphatic carboxylic acids is 1. The van der Waals surface area contributed by atoms with Gasteiger partial charge in [0.2, 0.25) is 0 Å². The molecule has 0 bridgehead atoms. The van der Waals surface area contributed by atoms with Crippen LogP contribution < -0.4 is 0 Å². The standard InChI is InChI=1S/C10H18O3/c1-4-7(2)10(5-6-10)8(13-3)9(11)12/h7-8H,4-6H2,1-3H3,(H,11,12). The van der Waals surface area contributed by atoms with Gasteiger partial charge >= 0.3 is 5.97 Å². The second-order valence-corrected chi connectivity index (χ2v) is 4.00. The summed E-state index contributed by atoms with van der Waals surface area (Å²) in [6, 6.07) is 0. The van der Waals surface area contributed by atoms with Gasteiger partial charge in [0.15, 0.2) is 6.10 Å². The SMILES string of the molecule is CCC(C)C1(C(OC)C(=O)O)CC1. The highest BCUT2D eigenvalue weighted by molar-refractivity contribution is 5.74. The lowest BCUT2D eigenvalue weighted by Crippen LogP contribution is -2.36. The summed E-state index contributed by atoms with van der Waals surface area (Å²) in [6.45, 7) is 4.21. The molecule has 2 atom stereocenters. The predicted octanol–water partition coefficient (Wildman–Crippen LogP) is 1.91. The minimum absolute atomic E-state index is 0.0741. The van der Waals surface area contributed by atoms with Gasteiger partial charge in [-0.3, -0.25) is 0 Å².